The molecule has 0 atom stereocenters. The Morgan fingerprint density at radius 2 is 1.63 bits per heavy atom. The van der Waals surface area contributed by atoms with Gasteiger partial charge >= 0.3 is 0 Å². The fraction of sp³-hybridized carbons (Fsp3) is 0.938. The van der Waals surface area contributed by atoms with Gasteiger partial charge in [0.05, 0.1) is 0 Å². The van der Waals surface area contributed by atoms with E-state index in [0.717, 1.165) is 30.6 Å². The SMILES string of the molecule is O=C(CCC1CCCC1)N(CCBr)C1CCCCC1. The van der Waals surface area contributed by atoms with Crippen LogP contribution in [0, 0.1) is 5.92 Å². The molecule has 110 valence electrons. The first-order valence-corrected chi connectivity index (χ1v) is 9.29. The number of carbonyl (C=O) groups excluding carboxylic acids is 1. The molecule has 2 saturated carbocycles. The molecular weight excluding hydrogens is 302 g/mol. The average molecular weight is 330 g/mol. The molecule has 2 aliphatic rings. The summed E-state index contributed by atoms with van der Waals surface area (Å²) in [4.78, 5) is 14.7. The predicted octanol–water partition coefficient (Wildman–Crippen LogP) is 4.51. The second kappa shape index (κ2) is 8.28. The molecular formula is C16H28BrNO. The molecule has 0 spiro atoms. The van der Waals surface area contributed by atoms with Gasteiger partial charge in [0, 0.05) is 24.3 Å². The molecule has 2 rings (SSSR count). The van der Waals surface area contributed by atoms with E-state index in [1.165, 1.54) is 57.8 Å². The quantitative estimate of drug-likeness (QED) is 0.656. The maximum atomic E-state index is 12.5. The summed E-state index contributed by atoms with van der Waals surface area (Å²) >= 11 is 3.51. The third-order valence-electron chi connectivity index (χ3n) is 4.90. The van der Waals surface area contributed by atoms with E-state index in [9.17, 15) is 4.79 Å². The van der Waals surface area contributed by atoms with Crippen molar-refractivity contribution in [2.24, 2.45) is 5.92 Å². The average Bonchev–Trinajstić information content (AvgIpc) is 2.96. The zero-order chi connectivity index (χ0) is 13.5. The molecule has 2 aliphatic carbocycles. The van der Waals surface area contributed by atoms with Crippen LogP contribution in [0.4, 0.5) is 0 Å². The Bertz CT molecular complexity index is 270. The molecule has 2 nitrogen and oxygen atoms in total. The molecule has 2 fully saturated rings. The number of hydrogen-bond acceptors (Lipinski definition) is 1. The minimum absolute atomic E-state index is 0.415. The second-order valence-corrected chi connectivity index (χ2v) is 7.05. The molecule has 0 aromatic carbocycles. The molecule has 0 radical (unpaired) electrons. The Morgan fingerprint density at radius 3 is 2.26 bits per heavy atom. The Kier molecular flexibility index (Phi) is 6.69. The normalized spacial score (nSPS) is 21.7. The summed E-state index contributed by atoms with van der Waals surface area (Å²) in [6.45, 7) is 0.897. The molecule has 0 saturated heterocycles. The van der Waals surface area contributed by atoms with Gasteiger partial charge in [-0.1, -0.05) is 60.9 Å². The summed E-state index contributed by atoms with van der Waals surface area (Å²) in [6, 6.07) is 0.530. The van der Waals surface area contributed by atoms with Crippen molar-refractivity contribution in [3.05, 3.63) is 0 Å². The first-order chi connectivity index (χ1) is 9.31. The molecule has 3 heteroatoms. The first-order valence-electron chi connectivity index (χ1n) is 8.16. The van der Waals surface area contributed by atoms with Crippen molar-refractivity contribution in [1.82, 2.24) is 4.90 Å². The molecule has 0 N–H and O–H groups in total. The van der Waals surface area contributed by atoms with E-state index in [2.05, 4.69) is 20.8 Å². The molecule has 1 amide bonds. The summed E-state index contributed by atoms with van der Waals surface area (Å²) in [5.74, 6) is 1.25. The highest BCUT2D eigenvalue weighted by Crippen LogP contribution is 2.29. The number of alkyl halides is 1. The smallest absolute Gasteiger partial charge is 0.222 e. The van der Waals surface area contributed by atoms with Crippen molar-refractivity contribution < 1.29 is 4.79 Å². The van der Waals surface area contributed by atoms with Crippen molar-refractivity contribution in [2.45, 2.75) is 76.7 Å². The number of amides is 1. The fourth-order valence-electron chi connectivity index (χ4n) is 3.76. The Hall–Kier alpha value is -0.0500. The number of nitrogens with zero attached hydrogens (tertiary/aromatic N) is 1. The van der Waals surface area contributed by atoms with Gasteiger partial charge in [-0.2, -0.15) is 0 Å². The lowest BCUT2D eigenvalue weighted by molar-refractivity contribution is -0.134. The van der Waals surface area contributed by atoms with Gasteiger partial charge in [-0.15, -0.1) is 0 Å². The van der Waals surface area contributed by atoms with E-state index in [4.69, 9.17) is 0 Å². The molecule has 0 heterocycles. The van der Waals surface area contributed by atoms with Crippen LogP contribution in [0.15, 0.2) is 0 Å². The highest BCUT2D eigenvalue weighted by atomic mass is 79.9. The molecule has 0 bridgehead atoms. The Balaban J connectivity index is 1.80. The third-order valence-corrected chi connectivity index (χ3v) is 5.26. The summed E-state index contributed by atoms with van der Waals surface area (Å²) < 4.78 is 0. The first kappa shape index (κ1) is 15.3. The highest BCUT2D eigenvalue weighted by Gasteiger charge is 2.25. The van der Waals surface area contributed by atoms with Gasteiger partial charge in [-0.3, -0.25) is 4.79 Å². The standard InChI is InChI=1S/C16H28BrNO/c17-12-13-18(15-8-2-1-3-9-15)16(19)11-10-14-6-4-5-7-14/h14-15H,1-13H2. The monoisotopic (exact) mass is 329 g/mol. The van der Waals surface area contributed by atoms with Crippen LogP contribution in [0.2, 0.25) is 0 Å². The summed E-state index contributed by atoms with van der Waals surface area (Å²) in [6.07, 6.45) is 13.8. The molecule has 0 unspecified atom stereocenters. The van der Waals surface area contributed by atoms with Crippen molar-refractivity contribution in [3.63, 3.8) is 0 Å². The van der Waals surface area contributed by atoms with Gasteiger partial charge in [0.2, 0.25) is 5.91 Å². The van der Waals surface area contributed by atoms with E-state index >= 15 is 0 Å². The maximum absolute atomic E-state index is 12.5. The van der Waals surface area contributed by atoms with E-state index in [1.807, 2.05) is 0 Å². The molecule has 0 aliphatic heterocycles. The van der Waals surface area contributed by atoms with Gasteiger partial charge in [0.1, 0.15) is 0 Å². The van der Waals surface area contributed by atoms with Crippen LogP contribution in [0.25, 0.3) is 0 Å². The van der Waals surface area contributed by atoms with E-state index < -0.39 is 0 Å². The summed E-state index contributed by atoms with van der Waals surface area (Å²) in [5, 5.41) is 0.915. The lowest BCUT2D eigenvalue weighted by atomic mass is 9.93. The summed E-state index contributed by atoms with van der Waals surface area (Å²) in [7, 11) is 0. The van der Waals surface area contributed by atoms with Crippen LogP contribution in [0.5, 0.6) is 0 Å². The van der Waals surface area contributed by atoms with Gasteiger partial charge in [0.15, 0.2) is 0 Å². The van der Waals surface area contributed by atoms with Crippen LogP contribution in [0.3, 0.4) is 0 Å². The topological polar surface area (TPSA) is 20.3 Å². The van der Waals surface area contributed by atoms with Crippen LogP contribution in [-0.2, 0) is 4.79 Å². The number of hydrogen-bond donors (Lipinski definition) is 0. The lowest BCUT2D eigenvalue weighted by Gasteiger charge is -2.34. The lowest BCUT2D eigenvalue weighted by Crippen LogP contribution is -2.42. The van der Waals surface area contributed by atoms with Gasteiger partial charge in [-0.05, 0) is 25.2 Å². The minimum Gasteiger partial charge on any atom is -0.339 e. The maximum Gasteiger partial charge on any atom is 0.222 e. The van der Waals surface area contributed by atoms with E-state index in [1.54, 1.807) is 0 Å². The predicted molar refractivity (Wildman–Crippen MR) is 83.6 cm³/mol. The van der Waals surface area contributed by atoms with Crippen molar-refractivity contribution >= 4 is 21.8 Å². The Labute approximate surface area is 126 Å². The van der Waals surface area contributed by atoms with Gasteiger partial charge < -0.3 is 4.90 Å². The molecule has 0 aromatic heterocycles. The zero-order valence-electron chi connectivity index (χ0n) is 12.1. The van der Waals surface area contributed by atoms with Crippen LogP contribution in [0.1, 0.15) is 70.6 Å². The zero-order valence-corrected chi connectivity index (χ0v) is 13.7. The largest absolute Gasteiger partial charge is 0.339 e. The van der Waals surface area contributed by atoms with Crippen LogP contribution < -0.4 is 0 Å². The molecule has 19 heavy (non-hydrogen) atoms. The van der Waals surface area contributed by atoms with Crippen LogP contribution >= 0.6 is 15.9 Å². The van der Waals surface area contributed by atoms with E-state index in [0.29, 0.717) is 11.9 Å². The Morgan fingerprint density at radius 1 is 1.00 bits per heavy atom. The van der Waals surface area contributed by atoms with Gasteiger partial charge in [-0.25, -0.2) is 0 Å². The van der Waals surface area contributed by atoms with Crippen molar-refractivity contribution in [1.29, 1.82) is 0 Å². The summed E-state index contributed by atoms with van der Waals surface area (Å²) in [5.41, 5.74) is 0. The molecule has 0 aromatic rings. The second-order valence-electron chi connectivity index (χ2n) is 6.26. The number of halogens is 1. The van der Waals surface area contributed by atoms with Crippen molar-refractivity contribution in [2.75, 3.05) is 11.9 Å². The highest BCUT2D eigenvalue weighted by molar-refractivity contribution is 9.09. The fourth-order valence-corrected chi connectivity index (χ4v) is 4.15. The number of rotatable bonds is 6. The number of carbonyl (C=O) groups is 1. The van der Waals surface area contributed by atoms with Crippen molar-refractivity contribution in [3.8, 4) is 0 Å². The van der Waals surface area contributed by atoms with Gasteiger partial charge in [0.25, 0.3) is 0 Å². The third kappa shape index (κ3) is 4.77. The van der Waals surface area contributed by atoms with E-state index in [-0.39, 0.29) is 0 Å². The van der Waals surface area contributed by atoms with Crippen LogP contribution in [-0.4, -0.2) is 28.7 Å². The minimum atomic E-state index is 0.415.